The highest BCUT2D eigenvalue weighted by molar-refractivity contribution is 7.92. The third kappa shape index (κ3) is 9.35. The molecule has 0 spiro atoms. The van der Waals surface area contributed by atoms with Gasteiger partial charge < -0.3 is 15.0 Å². The van der Waals surface area contributed by atoms with Gasteiger partial charge in [-0.2, -0.15) is 0 Å². The Morgan fingerprint density at radius 2 is 1.63 bits per heavy atom. The Labute approximate surface area is 244 Å². The van der Waals surface area contributed by atoms with Gasteiger partial charge in [0.2, 0.25) is 21.8 Å². The molecule has 0 radical (unpaired) electrons. The molecule has 41 heavy (non-hydrogen) atoms. The fourth-order valence-electron chi connectivity index (χ4n) is 4.68. The summed E-state index contributed by atoms with van der Waals surface area (Å²) in [5, 5.41) is 2.99. The second kappa shape index (κ2) is 14.7. The molecule has 1 atom stereocenters. The summed E-state index contributed by atoms with van der Waals surface area (Å²) in [6.45, 7) is 6.14. The molecule has 220 valence electrons. The standard InChI is InChI=1S/C32H41N3O5S/c1-24(2)33-32(37)30(21-26-14-7-6-8-15-26)34(23-27-16-10-9-13-25(27)3)31(36)19-12-20-35(41(5,38)39)28-17-11-18-29(22-28)40-4/h6-11,13-18,22,24,30H,12,19-21,23H2,1-5H3,(H,33,37)/t30-/m0/s1. The molecule has 0 aromatic heterocycles. The van der Waals surface area contributed by atoms with Crippen LogP contribution in [0.4, 0.5) is 5.69 Å². The highest BCUT2D eigenvalue weighted by Crippen LogP contribution is 2.24. The van der Waals surface area contributed by atoms with Crippen LogP contribution in [0.2, 0.25) is 0 Å². The van der Waals surface area contributed by atoms with Crippen LogP contribution in [0.1, 0.15) is 43.4 Å². The number of anilines is 1. The number of amides is 2. The maximum Gasteiger partial charge on any atom is 0.243 e. The molecule has 0 saturated heterocycles. The van der Waals surface area contributed by atoms with Crippen LogP contribution in [0, 0.1) is 6.92 Å². The largest absolute Gasteiger partial charge is 0.497 e. The normalized spacial score (nSPS) is 12.0. The number of ether oxygens (including phenoxy) is 1. The van der Waals surface area contributed by atoms with Gasteiger partial charge in [-0.05, 0) is 56.0 Å². The van der Waals surface area contributed by atoms with Gasteiger partial charge in [0.1, 0.15) is 11.8 Å². The molecule has 0 aliphatic heterocycles. The zero-order valence-electron chi connectivity index (χ0n) is 24.5. The van der Waals surface area contributed by atoms with Crippen LogP contribution < -0.4 is 14.4 Å². The lowest BCUT2D eigenvalue weighted by molar-refractivity contribution is -0.141. The SMILES string of the molecule is COc1cccc(N(CCCC(=O)N(Cc2ccccc2C)[C@@H](Cc2ccccc2)C(=O)NC(C)C)S(C)(=O)=O)c1. The minimum absolute atomic E-state index is 0.0715. The van der Waals surface area contributed by atoms with E-state index in [-0.39, 0.29) is 43.8 Å². The van der Waals surface area contributed by atoms with Crippen molar-refractivity contribution in [1.29, 1.82) is 0 Å². The van der Waals surface area contributed by atoms with Gasteiger partial charge in [-0.1, -0.05) is 60.7 Å². The Hall–Kier alpha value is -3.85. The maximum atomic E-state index is 13.9. The van der Waals surface area contributed by atoms with E-state index in [1.54, 1.807) is 29.2 Å². The highest BCUT2D eigenvalue weighted by atomic mass is 32.2. The Kier molecular flexibility index (Phi) is 11.3. The number of rotatable bonds is 14. The van der Waals surface area contributed by atoms with Gasteiger partial charge in [-0.15, -0.1) is 0 Å². The third-order valence-corrected chi connectivity index (χ3v) is 7.99. The van der Waals surface area contributed by atoms with Crippen molar-refractivity contribution in [1.82, 2.24) is 10.2 Å². The number of carbonyl (C=O) groups excluding carboxylic acids is 2. The Bertz CT molecular complexity index is 1410. The van der Waals surface area contributed by atoms with Gasteiger partial charge in [0.15, 0.2) is 0 Å². The first kappa shape index (κ1) is 31.7. The molecular formula is C32H41N3O5S. The van der Waals surface area contributed by atoms with Gasteiger partial charge in [-0.25, -0.2) is 8.42 Å². The molecule has 0 heterocycles. The van der Waals surface area contributed by atoms with E-state index in [2.05, 4.69) is 5.32 Å². The van der Waals surface area contributed by atoms with Crippen LogP contribution in [0.5, 0.6) is 5.75 Å². The van der Waals surface area contributed by atoms with Crippen LogP contribution >= 0.6 is 0 Å². The summed E-state index contributed by atoms with van der Waals surface area (Å²) < 4.78 is 31.9. The molecule has 9 heteroatoms. The first-order valence-corrected chi connectivity index (χ1v) is 15.6. The number of hydrogen-bond acceptors (Lipinski definition) is 5. The number of methoxy groups -OCH3 is 1. The van der Waals surface area contributed by atoms with E-state index in [1.165, 1.54) is 11.4 Å². The van der Waals surface area contributed by atoms with Gasteiger partial charge in [0, 0.05) is 38.0 Å². The Morgan fingerprint density at radius 3 is 2.27 bits per heavy atom. The first-order valence-electron chi connectivity index (χ1n) is 13.8. The quantitative estimate of drug-likeness (QED) is 0.298. The molecule has 0 unspecified atom stereocenters. The van der Waals surface area contributed by atoms with E-state index < -0.39 is 16.1 Å². The van der Waals surface area contributed by atoms with Gasteiger partial charge in [0.25, 0.3) is 0 Å². The molecule has 0 aliphatic rings. The fraction of sp³-hybridized carbons (Fsp3) is 0.375. The van der Waals surface area contributed by atoms with Gasteiger partial charge >= 0.3 is 0 Å². The second-order valence-corrected chi connectivity index (χ2v) is 12.4. The van der Waals surface area contributed by atoms with Crippen LogP contribution in [0.25, 0.3) is 0 Å². The lowest BCUT2D eigenvalue weighted by Gasteiger charge is -2.33. The number of sulfonamides is 1. The molecule has 3 aromatic carbocycles. The summed E-state index contributed by atoms with van der Waals surface area (Å²) in [7, 11) is -2.09. The Balaban J connectivity index is 1.89. The number of aryl methyl sites for hydroxylation is 1. The zero-order chi connectivity index (χ0) is 30.0. The van der Waals surface area contributed by atoms with Crippen molar-refractivity contribution < 1.29 is 22.7 Å². The maximum absolute atomic E-state index is 13.9. The summed E-state index contributed by atoms with van der Waals surface area (Å²) in [5.74, 6) is 0.101. The van der Waals surface area contributed by atoms with E-state index in [1.807, 2.05) is 75.4 Å². The molecule has 1 N–H and O–H groups in total. The fourth-order valence-corrected chi connectivity index (χ4v) is 5.63. The number of nitrogens with one attached hydrogen (secondary N) is 1. The number of hydrogen-bond donors (Lipinski definition) is 1. The predicted octanol–water partition coefficient (Wildman–Crippen LogP) is 4.71. The molecule has 3 rings (SSSR count). The van der Waals surface area contributed by atoms with Crippen molar-refractivity contribution in [2.75, 3.05) is 24.2 Å². The molecule has 8 nitrogen and oxygen atoms in total. The van der Waals surface area contributed by atoms with Gasteiger partial charge in [0.05, 0.1) is 19.1 Å². The van der Waals surface area contributed by atoms with Crippen LogP contribution in [0.3, 0.4) is 0 Å². The average Bonchev–Trinajstić information content (AvgIpc) is 2.93. The zero-order valence-corrected chi connectivity index (χ0v) is 25.4. The smallest absolute Gasteiger partial charge is 0.243 e. The number of nitrogens with zero attached hydrogens (tertiary/aromatic N) is 2. The second-order valence-electron chi connectivity index (χ2n) is 10.5. The molecule has 0 bridgehead atoms. The minimum Gasteiger partial charge on any atom is -0.497 e. The van der Waals surface area contributed by atoms with E-state index in [9.17, 15) is 18.0 Å². The van der Waals surface area contributed by atoms with Crippen molar-refractivity contribution in [3.63, 3.8) is 0 Å². The predicted molar refractivity (Wildman–Crippen MR) is 163 cm³/mol. The van der Waals surface area contributed by atoms with E-state index in [4.69, 9.17) is 4.74 Å². The van der Waals surface area contributed by atoms with Crippen molar-refractivity contribution >= 4 is 27.5 Å². The van der Waals surface area contributed by atoms with Crippen molar-refractivity contribution in [2.24, 2.45) is 0 Å². The molecule has 0 aliphatic carbocycles. The molecule has 3 aromatic rings. The molecule has 2 amide bonds. The lowest BCUT2D eigenvalue weighted by Crippen LogP contribution is -2.52. The number of benzene rings is 3. The molecule has 0 fully saturated rings. The topological polar surface area (TPSA) is 96.0 Å². The highest BCUT2D eigenvalue weighted by Gasteiger charge is 2.31. The average molecular weight is 580 g/mol. The summed E-state index contributed by atoms with van der Waals surface area (Å²) in [5.41, 5.74) is 3.38. The summed E-state index contributed by atoms with van der Waals surface area (Å²) in [6, 6.07) is 23.4. The van der Waals surface area contributed by atoms with Crippen molar-refractivity contribution in [3.8, 4) is 5.75 Å². The van der Waals surface area contributed by atoms with E-state index in [0.717, 1.165) is 22.9 Å². The summed E-state index contributed by atoms with van der Waals surface area (Å²) in [6.07, 6.45) is 1.85. The minimum atomic E-state index is -3.61. The third-order valence-electron chi connectivity index (χ3n) is 6.80. The Morgan fingerprint density at radius 1 is 0.951 bits per heavy atom. The van der Waals surface area contributed by atoms with Crippen LogP contribution in [-0.4, -0.2) is 57.1 Å². The summed E-state index contributed by atoms with van der Waals surface area (Å²) >= 11 is 0. The monoisotopic (exact) mass is 579 g/mol. The molecular weight excluding hydrogens is 538 g/mol. The van der Waals surface area contributed by atoms with Crippen molar-refractivity contribution in [3.05, 3.63) is 95.6 Å². The molecule has 0 saturated carbocycles. The van der Waals surface area contributed by atoms with Crippen LogP contribution in [0.15, 0.2) is 78.9 Å². The van der Waals surface area contributed by atoms with Crippen LogP contribution in [-0.2, 0) is 32.6 Å². The first-order chi connectivity index (χ1) is 19.5. The van der Waals surface area contributed by atoms with Gasteiger partial charge in [-0.3, -0.25) is 13.9 Å². The lowest BCUT2D eigenvalue weighted by atomic mass is 10.0. The summed E-state index contributed by atoms with van der Waals surface area (Å²) in [4.78, 5) is 29.1. The van der Waals surface area contributed by atoms with Crippen molar-refractivity contribution in [2.45, 2.75) is 58.7 Å². The number of carbonyl (C=O) groups is 2. The van der Waals surface area contributed by atoms with E-state index in [0.29, 0.717) is 17.9 Å². The van der Waals surface area contributed by atoms with E-state index >= 15 is 0 Å².